The van der Waals surface area contributed by atoms with Crippen LogP contribution < -0.4 is 0 Å². The van der Waals surface area contributed by atoms with Crippen LogP contribution in [0.5, 0.6) is 0 Å². The van der Waals surface area contributed by atoms with Crippen molar-refractivity contribution in [2.45, 2.75) is 25.4 Å². The van der Waals surface area contributed by atoms with E-state index in [0.29, 0.717) is 12.0 Å². The van der Waals surface area contributed by atoms with Gasteiger partial charge in [0.2, 0.25) is 0 Å². The second-order valence-corrected chi connectivity index (χ2v) is 3.79. The maximum absolute atomic E-state index is 11.6. The standard InChI is InChI=1S/C13H14O2/c14-12-9-5-4-8-11(12)13(15)10-6-2-1-3-7-10/h1-3,6-8,13,15H,4-5,9H2/t13-/m1/s1. The van der Waals surface area contributed by atoms with Crippen molar-refractivity contribution in [1.82, 2.24) is 0 Å². The van der Waals surface area contributed by atoms with Gasteiger partial charge in [0, 0.05) is 12.0 Å². The molecule has 0 amide bonds. The highest BCUT2D eigenvalue weighted by molar-refractivity contribution is 5.97. The summed E-state index contributed by atoms with van der Waals surface area (Å²) in [7, 11) is 0. The highest BCUT2D eigenvalue weighted by atomic mass is 16.3. The Labute approximate surface area is 89.2 Å². The van der Waals surface area contributed by atoms with Gasteiger partial charge in [-0.3, -0.25) is 4.79 Å². The van der Waals surface area contributed by atoms with Gasteiger partial charge in [0.05, 0.1) is 0 Å². The van der Waals surface area contributed by atoms with E-state index in [1.54, 1.807) is 0 Å². The summed E-state index contributed by atoms with van der Waals surface area (Å²) in [5.74, 6) is 0.0811. The first kappa shape index (κ1) is 10.1. The van der Waals surface area contributed by atoms with Gasteiger partial charge in [0.15, 0.2) is 5.78 Å². The van der Waals surface area contributed by atoms with Crippen LogP contribution in [-0.4, -0.2) is 10.9 Å². The molecule has 1 aliphatic carbocycles. The molecule has 0 aliphatic heterocycles. The topological polar surface area (TPSA) is 37.3 Å². The van der Waals surface area contributed by atoms with E-state index in [1.165, 1.54) is 0 Å². The van der Waals surface area contributed by atoms with Gasteiger partial charge in [-0.1, -0.05) is 36.4 Å². The lowest BCUT2D eigenvalue weighted by atomic mass is 9.91. The number of carbonyl (C=O) groups excluding carboxylic acids is 1. The van der Waals surface area contributed by atoms with Crippen molar-refractivity contribution in [3.63, 3.8) is 0 Å². The van der Waals surface area contributed by atoms with Crippen molar-refractivity contribution in [2.75, 3.05) is 0 Å². The molecule has 0 bridgehead atoms. The summed E-state index contributed by atoms with van der Waals surface area (Å²) in [5.41, 5.74) is 1.35. The Kier molecular flexibility index (Phi) is 2.97. The molecule has 1 atom stereocenters. The number of aliphatic hydroxyl groups is 1. The van der Waals surface area contributed by atoms with E-state index in [-0.39, 0.29) is 5.78 Å². The van der Waals surface area contributed by atoms with E-state index in [0.717, 1.165) is 18.4 Å². The third kappa shape index (κ3) is 2.16. The van der Waals surface area contributed by atoms with E-state index < -0.39 is 6.10 Å². The number of allylic oxidation sites excluding steroid dienone is 1. The number of benzene rings is 1. The Hall–Kier alpha value is -1.41. The van der Waals surface area contributed by atoms with Crippen LogP contribution in [0.25, 0.3) is 0 Å². The molecule has 2 heteroatoms. The van der Waals surface area contributed by atoms with Crippen molar-refractivity contribution in [3.05, 3.63) is 47.5 Å². The van der Waals surface area contributed by atoms with Crippen molar-refractivity contribution >= 4 is 5.78 Å². The zero-order valence-corrected chi connectivity index (χ0v) is 8.52. The summed E-state index contributed by atoms with van der Waals surface area (Å²) in [4.78, 5) is 11.6. The highest BCUT2D eigenvalue weighted by Gasteiger charge is 2.21. The number of hydrogen-bond donors (Lipinski definition) is 1. The van der Waals surface area contributed by atoms with Crippen LogP contribution in [0.2, 0.25) is 0 Å². The molecule has 2 rings (SSSR count). The zero-order chi connectivity index (χ0) is 10.7. The molecule has 1 aliphatic rings. The molecule has 0 saturated carbocycles. The first-order valence-electron chi connectivity index (χ1n) is 5.25. The number of carbonyl (C=O) groups is 1. The lowest BCUT2D eigenvalue weighted by molar-refractivity contribution is -0.117. The number of ketones is 1. The van der Waals surface area contributed by atoms with Gasteiger partial charge in [-0.15, -0.1) is 0 Å². The van der Waals surface area contributed by atoms with Gasteiger partial charge in [0.1, 0.15) is 6.10 Å². The predicted octanol–water partition coefficient (Wildman–Crippen LogP) is 2.40. The molecule has 0 heterocycles. The lowest BCUT2D eigenvalue weighted by Crippen LogP contribution is -2.14. The van der Waals surface area contributed by atoms with Crippen LogP contribution in [0.4, 0.5) is 0 Å². The molecule has 1 N–H and O–H groups in total. The van der Waals surface area contributed by atoms with Gasteiger partial charge in [-0.2, -0.15) is 0 Å². The van der Waals surface area contributed by atoms with E-state index >= 15 is 0 Å². The molecule has 0 saturated heterocycles. The summed E-state index contributed by atoms with van der Waals surface area (Å²) in [5, 5.41) is 10.0. The van der Waals surface area contributed by atoms with Crippen LogP contribution in [0.15, 0.2) is 42.0 Å². The number of hydrogen-bond acceptors (Lipinski definition) is 2. The Morgan fingerprint density at radius 2 is 1.93 bits per heavy atom. The van der Waals surface area contributed by atoms with Gasteiger partial charge >= 0.3 is 0 Å². The Balaban J connectivity index is 2.24. The second kappa shape index (κ2) is 4.41. The van der Waals surface area contributed by atoms with Crippen molar-refractivity contribution < 1.29 is 9.90 Å². The summed E-state index contributed by atoms with van der Waals surface area (Å²) >= 11 is 0. The molecule has 0 unspecified atom stereocenters. The minimum absolute atomic E-state index is 0.0811. The SMILES string of the molecule is O=C1CCCC=C1[C@H](O)c1ccccc1. The summed E-state index contributed by atoms with van der Waals surface area (Å²) in [6.45, 7) is 0. The zero-order valence-electron chi connectivity index (χ0n) is 8.52. The van der Waals surface area contributed by atoms with Gasteiger partial charge in [-0.05, 0) is 18.4 Å². The number of rotatable bonds is 2. The molecular formula is C13H14O2. The molecule has 0 spiro atoms. The average molecular weight is 202 g/mol. The monoisotopic (exact) mass is 202 g/mol. The first-order chi connectivity index (χ1) is 7.29. The molecular weight excluding hydrogens is 188 g/mol. The van der Waals surface area contributed by atoms with E-state index in [1.807, 2.05) is 36.4 Å². The largest absolute Gasteiger partial charge is 0.384 e. The maximum atomic E-state index is 11.6. The quantitative estimate of drug-likeness (QED) is 0.799. The molecule has 1 aromatic rings. The predicted molar refractivity (Wildman–Crippen MR) is 58.3 cm³/mol. The fourth-order valence-electron chi connectivity index (χ4n) is 1.86. The van der Waals surface area contributed by atoms with Gasteiger partial charge in [-0.25, -0.2) is 0 Å². The van der Waals surface area contributed by atoms with Crippen molar-refractivity contribution in [2.24, 2.45) is 0 Å². The maximum Gasteiger partial charge on any atom is 0.161 e. The van der Waals surface area contributed by atoms with Gasteiger partial charge < -0.3 is 5.11 Å². The molecule has 0 fully saturated rings. The Morgan fingerprint density at radius 3 is 2.60 bits per heavy atom. The van der Waals surface area contributed by atoms with Crippen molar-refractivity contribution in [3.8, 4) is 0 Å². The molecule has 2 nitrogen and oxygen atoms in total. The van der Waals surface area contributed by atoms with Crippen LogP contribution >= 0.6 is 0 Å². The number of Topliss-reactive ketones (excluding diaryl/α,β-unsaturated/α-hetero) is 1. The molecule has 78 valence electrons. The second-order valence-electron chi connectivity index (χ2n) is 3.79. The molecule has 15 heavy (non-hydrogen) atoms. The van der Waals surface area contributed by atoms with Crippen LogP contribution in [-0.2, 0) is 4.79 Å². The fourth-order valence-corrected chi connectivity index (χ4v) is 1.86. The van der Waals surface area contributed by atoms with Crippen LogP contribution in [0.3, 0.4) is 0 Å². The molecule has 0 aromatic heterocycles. The van der Waals surface area contributed by atoms with E-state index in [9.17, 15) is 9.90 Å². The average Bonchev–Trinajstić information content (AvgIpc) is 2.30. The van der Waals surface area contributed by atoms with E-state index in [4.69, 9.17) is 0 Å². The minimum atomic E-state index is -0.751. The summed E-state index contributed by atoms with van der Waals surface area (Å²) in [6.07, 6.45) is 3.48. The molecule has 1 aromatic carbocycles. The highest BCUT2D eigenvalue weighted by Crippen LogP contribution is 2.26. The van der Waals surface area contributed by atoms with Crippen LogP contribution in [0.1, 0.15) is 30.9 Å². The third-order valence-corrected chi connectivity index (χ3v) is 2.70. The minimum Gasteiger partial charge on any atom is -0.384 e. The van der Waals surface area contributed by atoms with Crippen LogP contribution in [0, 0.1) is 0 Å². The molecule has 0 radical (unpaired) electrons. The first-order valence-corrected chi connectivity index (χ1v) is 5.25. The number of aliphatic hydroxyl groups excluding tert-OH is 1. The lowest BCUT2D eigenvalue weighted by Gasteiger charge is -2.17. The summed E-state index contributed by atoms with van der Waals surface area (Å²) in [6, 6.07) is 9.31. The Bertz CT molecular complexity index is 379. The normalized spacial score (nSPS) is 18.5. The summed E-state index contributed by atoms with van der Waals surface area (Å²) < 4.78 is 0. The Morgan fingerprint density at radius 1 is 1.20 bits per heavy atom. The fraction of sp³-hybridized carbons (Fsp3) is 0.308. The van der Waals surface area contributed by atoms with Crippen molar-refractivity contribution in [1.29, 1.82) is 0 Å². The van der Waals surface area contributed by atoms with Gasteiger partial charge in [0.25, 0.3) is 0 Å². The smallest absolute Gasteiger partial charge is 0.161 e. The van der Waals surface area contributed by atoms with E-state index in [2.05, 4.69) is 0 Å². The third-order valence-electron chi connectivity index (χ3n) is 2.70.